The molecule has 0 rings (SSSR count). The number of hydrogen-bond donors (Lipinski definition) is 2. The van der Waals surface area contributed by atoms with Crippen molar-refractivity contribution in [3.63, 3.8) is 0 Å². The van der Waals surface area contributed by atoms with Crippen LogP contribution in [-0.4, -0.2) is 23.5 Å². The largest absolute Gasteiger partial charge is 0.481 e. The number of amides is 1. The van der Waals surface area contributed by atoms with E-state index in [9.17, 15) is 4.79 Å². The van der Waals surface area contributed by atoms with Crippen LogP contribution in [0.3, 0.4) is 0 Å². The molecule has 0 heterocycles. The van der Waals surface area contributed by atoms with E-state index in [1.807, 2.05) is 6.92 Å². The van der Waals surface area contributed by atoms with Gasteiger partial charge in [0.1, 0.15) is 0 Å². The van der Waals surface area contributed by atoms with Gasteiger partial charge in [-0.1, -0.05) is 0 Å². The van der Waals surface area contributed by atoms with Gasteiger partial charge >= 0.3 is 0 Å². The molecule has 0 saturated carbocycles. The Morgan fingerprint density at radius 2 is 1.70 bits per heavy atom. The van der Waals surface area contributed by atoms with E-state index in [1.165, 1.54) is 6.92 Å². The molecule has 0 aromatic carbocycles. The summed E-state index contributed by atoms with van der Waals surface area (Å²) >= 11 is 0. The predicted octanol–water partition coefficient (Wildman–Crippen LogP) is 0.233. The summed E-state index contributed by atoms with van der Waals surface area (Å²) in [6, 6.07) is 0. The van der Waals surface area contributed by atoms with Gasteiger partial charge in [-0.25, -0.2) is 0 Å². The molecule has 0 aromatic heterocycles. The fourth-order valence-corrected chi connectivity index (χ4v) is 0.249. The molecule has 0 aliphatic rings. The van der Waals surface area contributed by atoms with E-state index in [0.29, 0.717) is 0 Å². The highest BCUT2D eigenvalue weighted by Gasteiger charge is 1.78. The van der Waals surface area contributed by atoms with Crippen molar-refractivity contribution in [1.29, 1.82) is 0 Å². The summed E-state index contributed by atoms with van der Waals surface area (Å²) in [6.45, 7) is 5.21. The third-order valence-electron chi connectivity index (χ3n) is 0.426. The molecule has 0 unspecified atom stereocenters. The molecular weight excluding hydrogens is 134 g/mol. The van der Waals surface area contributed by atoms with Crippen molar-refractivity contribution < 1.29 is 14.7 Å². The topological polar surface area (TPSA) is 66.4 Å². The average molecular weight is 147 g/mol. The van der Waals surface area contributed by atoms with Gasteiger partial charge in [0.2, 0.25) is 5.91 Å². The van der Waals surface area contributed by atoms with E-state index in [0.717, 1.165) is 13.5 Å². The zero-order chi connectivity index (χ0) is 8.57. The number of carboxylic acids is 1. The Bertz CT molecular complexity index is 108. The van der Waals surface area contributed by atoms with E-state index in [2.05, 4.69) is 5.32 Å². The summed E-state index contributed by atoms with van der Waals surface area (Å²) in [5.41, 5.74) is 0. The third kappa shape index (κ3) is 65.1. The molecule has 60 valence electrons. The zero-order valence-corrected chi connectivity index (χ0v) is 6.47. The van der Waals surface area contributed by atoms with Crippen LogP contribution in [0.4, 0.5) is 0 Å². The monoisotopic (exact) mass is 147 g/mol. The molecule has 2 N–H and O–H groups in total. The molecule has 0 bridgehead atoms. The van der Waals surface area contributed by atoms with Gasteiger partial charge in [0.15, 0.2) is 0 Å². The lowest BCUT2D eigenvalue weighted by atomic mass is 10.6. The summed E-state index contributed by atoms with van der Waals surface area (Å²) in [5, 5.41) is 9.99. The highest BCUT2D eigenvalue weighted by Crippen LogP contribution is 1.54. The van der Waals surface area contributed by atoms with Crippen LogP contribution < -0.4 is 5.32 Å². The first-order valence-electron chi connectivity index (χ1n) is 2.94. The Kier molecular flexibility index (Phi) is 9.29. The van der Waals surface area contributed by atoms with Crippen molar-refractivity contribution in [2.45, 2.75) is 20.8 Å². The summed E-state index contributed by atoms with van der Waals surface area (Å²) in [6.07, 6.45) is 0. The normalized spacial score (nSPS) is 7.10. The Morgan fingerprint density at radius 1 is 1.40 bits per heavy atom. The lowest BCUT2D eigenvalue weighted by Crippen LogP contribution is -2.18. The van der Waals surface area contributed by atoms with Gasteiger partial charge in [0, 0.05) is 20.4 Å². The second-order valence-electron chi connectivity index (χ2n) is 1.61. The number of aliphatic carboxylic acids is 1. The van der Waals surface area contributed by atoms with Gasteiger partial charge in [-0.2, -0.15) is 0 Å². The lowest BCUT2D eigenvalue weighted by Gasteiger charge is -1.88. The standard InChI is InChI=1S/C4H9NO.C2H4O2/c1-3-5-4(2)6;1-2(3)4/h3H2,1-2H3,(H,5,6);1H3,(H,3,4). The second kappa shape index (κ2) is 7.94. The molecule has 4 heteroatoms. The van der Waals surface area contributed by atoms with Crippen LogP contribution in [0.2, 0.25) is 0 Å². The Labute approximate surface area is 60.2 Å². The minimum atomic E-state index is -0.833. The minimum absolute atomic E-state index is 0.0394. The SMILES string of the molecule is CC(=O)O.CCNC(C)=O. The maximum absolute atomic E-state index is 9.93. The minimum Gasteiger partial charge on any atom is -0.481 e. The van der Waals surface area contributed by atoms with Gasteiger partial charge in [0.25, 0.3) is 5.97 Å². The average Bonchev–Trinajstić information content (AvgIpc) is 1.62. The van der Waals surface area contributed by atoms with Crippen molar-refractivity contribution in [2.75, 3.05) is 6.54 Å². The summed E-state index contributed by atoms with van der Waals surface area (Å²) < 4.78 is 0. The van der Waals surface area contributed by atoms with E-state index in [4.69, 9.17) is 9.90 Å². The Hall–Kier alpha value is -1.06. The fraction of sp³-hybridized carbons (Fsp3) is 0.667. The summed E-state index contributed by atoms with van der Waals surface area (Å²) in [4.78, 5) is 18.9. The first-order chi connectivity index (χ1) is 4.50. The van der Waals surface area contributed by atoms with E-state index in [1.54, 1.807) is 0 Å². The molecule has 0 radical (unpaired) electrons. The Balaban J connectivity index is 0. The highest BCUT2D eigenvalue weighted by molar-refractivity contribution is 5.72. The molecule has 0 aliphatic heterocycles. The van der Waals surface area contributed by atoms with Crippen molar-refractivity contribution >= 4 is 11.9 Å². The molecule has 0 fully saturated rings. The lowest BCUT2D eigenvalue weighted by molar-refractivity contribution is -0.134. The van der Waals surface area contributed by atoms with E-state index < -0.39 is 5.97 Å². The number of hydrogen-bond acceptors (Lipinski definition) is 2. The number of carbonyl (C=O) groups excluding carboxylic acids is 1. The van der Waals surface area contributed by atoms with Crippen molar-refractivity contribution in [2.24, 2.45) is 0 Å². The van der Waals surface area contributed by atoms with Crippen LogP contribution in [0.5, 0.6) is 0 Å². The quantitative estimate of drug-likeness (QED) is 0.558. The number of nitrogens with one attached hydrogen (secondary N) is 1. The maximum Gasteiger partial charge on any atom is 0.300 e. The third-order valence-corrected chi connectivity index (χ3v) is 0.426. The number of carboxylic acid groups (broad SMARTS) is 1. The van der Waals surface area contributed by atoms with Gasteiger partial charge in [-0.15, -0.1) is 0 Å². The molecular formula is C6H13NO3. The molecule has 0 saturated heterocycles. The van der Waals surface area contributed by atoms with E-state index in [-0.39, 0.29) is 5.91 Å². The molecule has 1 amide bonds. The molecule has 4 nitrogen and oxygen atoms in total. The van der Waals surface area contributed by atoms with Crippen molar-refractivity contribution in [3.8, 4) is 0 Å². The Morgan fingerprint density at radius 3 is 1.70 bits per heavy atom. The molecule has 0 atom stereocenters. The van der Waals surface area contributed by atoms with Gasteiger partial charge < -0.3 is 10.4 Å². The van der Waals surface area contributed by atoms with Gasteiger partial charge in [-0.3, -0.25) is 9.59 Å². The van der Waals surface area contributed by atoms with Crippen LogP contribution in [0.15, 0.2) is 0 Å². The highest BCUT2D eigenvalue weighted by atomic mass is 16.4. The number of rotatable bonds is 1. The fourth-order valence-electron chi connectivity index (χ4n) is 0.249. The van der Waals surface area contributed by atoms with Gasteiger partial charge in [-0.05, 0) is 6.92 Å². The first kappa shape index (κ1) is 11.7. The predicted molar refractivity (Wildman–Crippen MR) is 37.7 cm³/mol. The first-order valence-corrected chi connectivity index (χ1v) is 2.94. The summed E-state index contributed by atoms with van der Waals surface area (Å²) in [5.74, 6) is -0.794. The van der Waals surface area contributed by atoms with Crippen LogP contribution in [0.25, 0.3) is 0 Å². The van der Waals surface area contributed by atoms with Crippen molar-refractivity contribution in [1.82, 2.24) is 5.32 Å². The molecule has 10 heavy (non-hydrogen) atoms. The van der Waals surface area contributed by atoms with Crippen molar-refractivity contribution in [3.05, 3.63) is 0 Å². The van der Waals surface area contributed by atoms with E-state index >= 15 is 0 Å². The number of carbonyl (C=O) groups is 2. The van der Waals surface area contributed by atoms with Crippen LogP contribution in [0, 0.1) is 0 Å². The maximum atomic E-state index is 9.93. The second-order valence-corrected chi connectivity index (χ2v) is 1.61. The zero-order valence-electron chi connectivity index (χ0n) is 6.47. The molecule has 0 aliphatic carbocycles. The van der Waals surface area contributed by atoms with Crippen LogP contribution in [0.1, 0.15) is 20.8 Å². The van der Waals surface area contributed by atoms with Gasteiger partial charge in [0.05, 0.1) is 0 Å². The smallest absolute Gasteiger partial charge is 0.300 e. The molecule has 0 aromatic rings. The van der Waals surface area contributed by atoms with Crippen LogP contribution in [-0.2, 0) is 9.59 Å². The summed E-state index contributed by atoms with van der Waals surface area (Å²) in [7, 11) is 0. The van der Waals surface area contributed by atoms with Crippen LogP contribution >= 0.6 is 0 Å². The molecule has 0 spiro atoms.